The smallest absolute Gasteiger partial charge is 0.282 e. The molecule has 0 saturated carbocycles. The topological polar surface area (TPSA) is 92.5 Å². The third-order valence-corrected chi connectivity index (χ3v) is 3.39. The molecule has 1 aliphatic rings. The van der Waals surface area contributed by atoms with E-state index in [-0.39, 0.29) is 23.5 Å². The summed E-state index contributed by atoms with van der Waals surface area (Å²) in [5, 5.41) is 14.0. The lowest BCUT2D eigenvalue weighted by Crippen LogP contribution is -2.34. The summed E-state index contributed by atoms with van der Waals surface area (Å²) in [6.07, 6.45) is 0. The second kappa shape index (κ2) is 5.28. The molecule has 0 aromatic heterocycles. The number of carbonyl (C=O) groups excluding carboxylic acids is 2. The zero-order valence-corrected chi connectivity index (χ0v) is 11.4. The first-order valence-corrected chi connectivity index (χ1v) is 6.52. The minimum absolute atomic E-state index is 0.0481. The molecule has 0 aliphatic carbocycles. The molecule has 0 unspecified atom stereocenters. The molecule has 3 rings (SSSR count). The van der Waals surface area contributed by atoms with E-state index >= 15 is 0 Å². The van der Waals surface area contributed by atoms with Crippen LogP contribution < -0.4 is 5.32 Å². The van der Waals surface area contributed by atoms with Crippen molar-refractivity contribution in [1.29, 1.82) is 0 Å². The number of amides is 2. The second-order valence-electron chi connectivity index (χ2n) is 4.70. The Hall–Kier alpha value is -3.22. The Morgan fingerprint density at radius 2 is 1.73 bits per heavy atom. The second-order valence-corrected chi connectivity index (χ2v) is 4.70. The fourth-order valence-corrected chi connectivity index (χ4v) is 2.34. The number of benzene rings is 2. The number of nitro groups is 1. The number of anilines is 1. The highest BCUT2D eigenvalue weighted by Gasteiger charge is 2.40. The highest BCUT2D eigenvalue weighted by molar-refractivity contribution is 6.23. The SMILES string of the molecule is O=C1c2cccc([N+](=O)[O-])c2C(=O)N1CNc1ccccc1. The van der Waals surface area contributed by atoms with Gasteiger partial charge in [0.25, 0.3) is 17.5 Å². The van der Waals surface area contributed by atoms with E-state index in [0.29, 0.717) is 0 Å². The van der Waals surface area contributed by atoms with E-state index in [1.807, 2.05) is 18.2 Å². The van der Waals surface area contributed by atoms with Crippen molar-refractivity contribution >= 4 is 23.2 Å². The van der Waals surface area contributed by atoms with Crippen molar-refractivity contribution in [3.05, 3.63) is 69.8 Å². The lowest BCUT2D eigenvalue weighted by Gasteiger charge is -2.15. The first-order valence-electron chi connectivity index (χ1n) is 6.52. The van der Waals surface area contributed by atoms with Crippen LogP contribution in [0.25, 0.3) is 0 Å². The number of nitrogens with zero attached hydrogens (tertiary/aromatic N) is 2. The number of para-hydroxylation sites is 1. The van der Waals surface area contributed by atoms with Gasteiger partial charge in [0.1, 0.15) is 5.56 Å². The van der Waals surface area contributed by atoms with Crippen molar-refractivity contribution in [2.45, 2.75) is 0 Å². The Morgan fingerprint density at radius 1 is 1.00 bits per heavy atom. The molecule has 0 fully saturated rings. The Balaban J connectivity index is 1.87. The van der Waals surface area contributed by atoms with Crippen molar-refractivity contribution < 1.29 is 14.5 Å². The van der Waals surface area contributed by atoms with Crippen molar-refractivity contribution in [1.82, 2.24) is 4.90 Å². The molecule has 2 aromatic carbocycles. The number of hydrogen-bond acceptors (Lipinski definition) is 5. The molecule has 22 heavy (non-hydrogen) atoms. The Labute approximate surface area is 125 Å². The standard InChI is InChI=1S/C15H11N3O4/c19-14-11-7-4-8-12(18(21)22)13(11)15(20)17(14)9-16-10-5-2-1-3-6-10/h1-8,16H,9H2. The van der Waals surface area contributed by atoms with Gasteiger partial charge in [0, 0.05) is 11.8 Å². The summed E-state index contributed by atoms with van der Waals surface area (Å²) in [6.45, 7) is -0.0481. The predicted molar refractivity (Wildman–Crippen MR) is 78.5 cm³/mol. The number of hydrogen-bond donors (Lipinski definition) is 1. The first kappa shape index (κ1) is 13.7. The van der Waals surface area contributed by atoms with E-state index in [0.717, 1.165) is 10.6 Å². The summed E-state index contributed by atoms with van der Waals surface area (Å²) in [4.78, 5) is 35.9. The summed E-state index contributed by atoms with van der Waals surface area (Å²) in [6, 6.07) is 13.1. The Kier molecular flexibility index (Phi) is 3.30. The molecule has 0 atom stereocenters. The average Bonchev–Trinajstić information content (AvgIpc) is 2.78. The largest absolute Gasteiger partial charge is 0.367 e. The molecule has 0 saturated heterocycles. The predicted octanol–water partition coefficient (Wildman–Crippen LogP) is 2.26. The van der Waals surface area contributed by atoms with Gasteiger partial charge in [0.15, 0.2) is 0 Å². The molecule has 2 aromatic rings. The maximum atomic E-state index is 12.3. The lowest BCUT2D eigenvalue weighted by molar-refractivity contribution is -0.385. The summed E-state index contributed by atoms with van der Waals surface area (Å²) in [5.74, 6) is -1.19. The fraction of sp³-hybridized carbons (Fsp3) is 0.0667. The van der Waals surface area contributed by atoms with Crippen LogP contribution in [0.5, 0.6) is 0 Å². The van der Waals surface area contributed by atoms with Crippen molar-refractivity contribution in [3.8, 4) is 0 Å². The van der Waals surface area contributed by atoms with Gasteiger partial charge in [0.2, 0.25) is 0 Å². The molecule has 110 valence electrons. The summed E-state index contributed by atoms with van der Waals surface area (Å²) in [5.41, 5.74) is 0.313. The number of imide groups is 1. The van der Waals surface area contributed by atoms with Crippen LogP contribution in [0.3, 0.4) is 0 Å². The fourth-order valence-electron chi connectivity index (χ4n) is 2.34. The van der Waals surface area contributed by atoms with Gasteiger partial charge in [-0.05, 0) is 18.2 Å². The molecule has 2 amide bonds. The molecule has 0 radical (unpaired) electrons. The number of carbonyl (C=O) groups is 2. The molecular weight excluding hydrogens is 286 g/mol. The van der Waals surface area contributed by atoms with Crippen LogP contribution in [0.1, 0.15) is 20.7 Å². The van der Waals surface area contributed by atoms with Gasteiger partial charge in [-0.2, -0.15) is 0 Å². The van der Waals surface area contributed by atoms with Gasteiger partial charge in [0.05, 0.1) is 17.2 Å². The van der Waals surface area contributed by atoms with Crippen molar-refractivity contribution in [2.24, 2.45) is 0 Å². The highest BCUT2D eigenvalue weighted by Crippen LogP contribution is 2.30. The molecule has 7 heteroatoms. The van der Waals surface area contributed by atoms with E-state index in [9.17, 15) is 19.7 Å². The van der Waals surface area contributed by atoms with E-state index in [4.69, 9.17) is 0 Å². The highest BCUT2D eigenvalue weighted by atomic mass is 16.6. The molecule has 0 bridgehead atoms. The first-order chi connectivity index (χ1) is 10.6. The minimum Gasteiger partial charge on any atom is -0.367 e. The van der Waals surface area contributed by atoms with Crippen molar-refractivity contribution in [2.75, 3.05) is 12.0 Å². The molecule has 0 spiro atoms. The third kappa shape index (κ3) is 2.18. The summed E-state index contributed by atoms with van der Waals surface area (Å²) < 4.78 is 0. The van der Waals surface area contributed by atoms with E-state index in [1.165, 1.54) is 18.2 Å². The number of nitro benzene ring substituents is 1. The molecule has 7 nitrogen and oxygen atoms in total. The Bertz CT molecular complexity index is 774. The summed E-state index contributed by atoms with van der Waals surface area (Å²) >= 11 is 0. The van der Waals surface area contributed by atoms with E-state index in [2.05, 4.69) is 5.32 Å². The van der Waals surface area contributed by atoms with Crippen LogP contribution in [0.2, 0.25) is 0 Å². The van der Waals surface area contributed by atoms with Crippen molar-refractivity contribution in [3.63, 3.8) is 0 Å². The van der Waals surface area contributed by atoms with Crippen LogP contribution >= 0.6 is 0 Å². The van der Waals surface area contributed by atoms with Gasteiger partial charge in [-0.1, -0.05) is 24.3 Å². The van der Waals surface area contributed by atoms with Gasteiger partial charge < -0.3 is 5.32 Å². The number of nitrogens with one attached hydrogen (secondary N) is 1. The summed E-state index contributed by atoms with van der Waals surface area (Å²) in [7, 11) is 0. The molecule has 1 heterocycles. The van der Waals surface area contributed by atoms with Crippen LogP contribution in [-0.4, -0.2) is 28.3 Å². The number of fused-ring (bicyclic) bond motifs is 1. The normalized spacial score (nSPS) is 13.2. The lowest BCUT2D eigenvalue weighted by atomic mass is 10.1. The van der Waals surface area contributed by atoms with E-state index in [1.54, 1.807) is 12.1 Å². The van der Waals surface area contributed by atoms with Gasteiger partial charge in [-0.15, -0.1) is 0 Å². The number of rotatable bonds is 4. The minimum atomic E-state index is -0.657. The zero-order chi connectivity index (χ0) is 15.7. The quantitative estimate of drug-likeness (QED) is 0.531. The Morgan fingerprint density at radius 3 is 2.41 bits per heavy atom. The molecule has 1 N–H and O–H groups in total. The van der Waals surface area contributed by atoms with Crippen LogP contribution in [0, 0.1) is 10.1 Å². The average molecular weight is 297 g/mol. The van der Waals surface area contributed by atoms with Crippen LogP contribution in [0.4, 0.5) is 11.4 Å². The molecule has 1 aliphatic heterocycles. The van der Waals surface area contributed by atoms with Crippen LogP contribution in [-0.2, 0) is 0 Å². The monoisotopic (exact) mass is 297 g/mol. The van der Waals surface area contributed by atoms with Gasteiger partial charge in [-0.3, -0.25) is 24.6 Å². The van der Waals surface area contributed by atoms with Crippen LogP contribution in [0.15, 0.2) is 48.5 Å². The van der Waals surface area contributed by atoms with E-state index < -0.39 is 16.7 Å². The van der Waals surface area contributed by atoms with Gasteiger partial charge in [-0.25, -0.2) is 0 Å². The van der Waals surface area contributed by atoms with Gasteiger partial charge >= 0.3 is 0 Å². The maximum absolute atomic E-state index is 12.3. The maximum Gasteiger partial charge on any atom is 0.282 e. The third-order valence-electron chi connectivity index (χ3n) is 3.39. The zero-order valence-electron chi connectivity index (χ0n) is 11.4. The molecular formula is C15H11N3O4.